The number of Topliss-reactive ketones (excluding diaryl/α,β-unsaturated/α-hetero) is 1. The first kappa shape index (κ1) is 27.0. The van der Waals surface area contributed by atoms with E-state index in [4.69, 9.17) is 4.43 Å². The summed E-state index contributed by atoms with van der Waals surface area (Å²) in [6.07, 6.45) is 10.7. The number of allylic oxidation sites excluding steroid dienone is 2. The van der Waals surface area contributed by atoms with E-state index in [0.717, 1.165) is 32.1 Å². The van der Waals surface area contributed by atoms with Crippen LogP contribution < -0.4 is 0 Å². The number of benzene rings is 1. The van der Waals surface area contributed by atoms with E-state index in [1.54, 1.807) is 0 Å². The SMILES string of the molecule is CC(C)(C)[Si](C)(C)OC(C=C=CCC[C@H]1C(=O)CC=C1CCCCc1ccccc1)C(=O)O. The lowest BCUT2D eigenvalue weighted by Crippen LogP contribution is -2.45. The number of carboxylic acids is 1. The van der Waals surface area contributed by atoms with Gasteiger partial charge in [0.25, 0.3) is 0 Å². The molecule has 1 N–H and O–H groups in total. The summed E-state index contributed by atoms with van der Waals surface area (Å²) in [5.74, 6) is -0.693. The molecule has 0 aromatic heterocycles. The van der Waals surface area contributed by atoms with Gasteiger partial charge in [0.1, 0.15) is 5.78 Å². The lowest BCUT2D eigenvalue weighted by molar-refractivity contribution is -0.143. The number of ketones is 1. The highest BCUT2D eigenvalue weighted by Gasteiger charge is 2.40. The van der Waals surface area contributed by atoms with Crippen molar-refractivity contribution in [2.24, 2.45) is 5.92 Å². The molecular formula is C28H40O4Si. The van der Waals surface area contributed by atoms with Gasteiger partial charge in [0.05, 0.1) is 0 Å². The Morgan fingerprint density at radius 2 is 1.88 bits per heavy atom. The molecule has 0 spiro atoms. The molecule has 0 saturated carbocycles. The summed E-state index contributed by atoms with van der Waals surface area (Å²) in [7, 11) is -2.19. The summed E-state index contributed by atoms with van der Waals surface area (Å²) >= 11 is 0. The second-order valence-electron chi connectivity index (χ2n) is 10.4. The zero-order valence-corrected chi connectivity index (χ0v) is 21.9. The normalized spacial score (nSPS) is 17.3. The molecule has 180 valence electrons. The molecule has 1 aromatic carbocycles. The summed E-state index contributed by atoms with van der Waals surface area (Å²) in [4.78, 5) is 24.0. The third kappa shape index (κ3) is 8.58. The number of rotatable bonds is 12. The lowest BCUT2D eigenvalue weighted by Gasteiger charge is -2.37. The Balaban J connectivity index is 1.83. The minimum Gasteiger partial charge on any atom is -0.479 e. The molecule has 0 saturated heterocycles. The lowest BCUT2D eigenvalue weighted by atomic mass is 9.91. The second kappa shape index (κ2) is 12.3. The number of carboxylic acid groups (broad SMARTS) is 1. The van der Waals surface area contributed by atoms with Gasteiger partial charge in [0, 0.05) is 12.3 Å². The molecule has 0 heterocycles. The van der Waals surface area contributed by atoms with Crippen molar-refractivity contribution in [1.82, 2.24) is 0 Å². The van der Waals surface area contributed by atoms with Crippen molar-refractivity contribution < 1.29 is 19.1 Å². The quantitative estimate of drug-likeness (QED) is 0.157. The van der Waals surface area contributed by atoms with Crippen molar-refractivity contribution >= 4 is 20.1 Å². The van der Waals surface area contributed by atoms with Crippen LogP contribution in [0.15, 0.2) is 59.9 Å². The highest BCUT2D eigenvalue weighted by molar-refractivity contribution is 6.74. The fourth-order valence-electron chi connectivity index (χ4n) is 3.79. The van der Waals surface area contributed by atoms with Crippen LogP contribution >= 0.6 is 0 Å². The van der Waals surface area contributed by atoms with Gasteiger partial charge in [0.15, 0.2) is 14.4 Å². The van der Waals surface area contributed by atoms with Crippen LogP contribution in [0.3, 0.4) is 0 Å². The summed E-state index contributed by atoms with van der Waals surface area (Å²) in [5.41, 5.74) is 5.63. The number of carbonyl (C=O) groups excluding carboxylic acids is 1. The Kier molecular flexibility index (Phi) is 10.1. The predicted molar refractivity (Wildman–Crippen MR) is 137 cm³/mol. The fraction of sp³-hybridized carbons (Fsp3) is 0.536. The van der Waals surface area contributed by atoms with E-state index in [9.17, 15) is 14.7 Å². The Morgan fingerprint density at radius 3 is 2.52 bits per heavy atom. The van der Waals surface area contributed by atoms with Crippen LogP contribution in [-0.4, -0.2) is 31.3 Å². The number of hydrogen-bond acceptors (Lipinski definition) is 3. The van der Waals surface area contributed by atoms with Crippen molar-refractivity contribution in [3.8, 4) is 0 Å². The summed E-state index contributed by atoms with van der Waals surface area (Å²) < 4.78 is 6.00. The van der Waals surface area contributed by atoms with Crippen LogP contribution in [-0.2, 0) is 20.4 Å². The van der Waals surface area contributed by atoms with E-state index in [1.165, 1.54) is 17.2 Å². The molecule has 4 nitrogen and oxygen atoms in total. The van der Waals surface area contributed by atoms with E-state index in [0.29, 0.717) is 18.6 Å². The summed E-state index contributed by atoms with van der Waals surface area (Å²) in [6.45, 7) is 10.3. The Hall–Kier alpha value is -2.20. The van der Waals surface area contributed by atoms with Crippen LogP contribution in [0, 0.1) is 5.92 Å². The average molecular weight is 469 g/mol. The highest BCUT2D eigenvalue weighted by atomic mass is 28.4. The number of hydrogen-bond donors (Lipinski definition) is 1. The standard InChI is InChI=1S/C28H40O4Si/c1-28(2,3)33(4,5)32-26(27(30)31)19-11-7-10-18-24-23(20-21-25(24)29)17-13-12-16-22-14-8-6-9-15-22/h6-9,14-15,19-20,24,26H,10,12-13,16-18,21H2,1-5H3,(H,30,31)/t11?,24-,26?/m1/s1. The molecule has 0 radical (unpaired) electrons. The Labute approximate surface area is 200 Å². The second-order valence-corrected chi connectivity index (χ2v) is 15.2. The summed E-state index contributed by atoms with van der Waals surface area (Å²) in [5, 5.41) is 9.47. The Morgan fingerprint density at radius 1 is 1.21 bits per heavy atom. The largest absolute Gasteiger partial charge is 0.479 e. The van der Waals surface area contributed by atoms with Gasteiger partial charge in [-0.3, -0.25) is 4.79 Å². The van der Waals surface area contributed by atoms with E-state index in [-0.39, 0.29) is 11.0 Å². The predicted octanol–water partition coefficient (Wildman–Crippen LogP) is 6.88. The molecule has 1 unspecified atom stereocenters. The van der Waals surface area contributed by atoms with Gasteiger partial charge in [-0.25, -0.2) is 4.79 Å². The molecule has 1 aliphatic carbocycles. The molecule has 0 aliphatic heterocycles. The molecule has 1 aliphatic rings. The number of aryl methyl sites for hydroxylation is 1. The molecule has 0 bridgehead atoms. The molecule has 1 aromatic rings. The molecule has 0 amide bonds. The molecule has 33 heavy (non-hydrogen) atoms. The van der Waals surface area contributed by atoms with Crippen molar-refractivity contribution in [2.45, 2.75) is 90.0 Å². The number of aliphatic carboxylic acids is 1. The van der Waals surface area contributed by atoms with Gasteiger partial charge in [-0.15, -0.1) is 5.73 Å². The van der Waals surface area contributed by atoms with Gasteiger partial charge in [-0.2, -0.15) is 0 Å². The zero-order chi connectivity index (χ0) is 24.5. The summed E-state index contributed by atoms with van der Waals surface area (Å²) in [6, 6.07) is 10.5. The van der Waals surface area contributed by atoms with Crippen LogP contribution in [0.25, 0.3) is 0 Å². The zero-order valence-electron chi connectivity index (χ0n) is 20.9. The first-order chi connectivity index (χ1) is 15.5. The maximum Gasteiger partial charge on any atom is 0.336 e. The molecule has 2 rings (SSSR count). The number of unbranched alkanes of at least 4 members (excludes halogenated alkanes) is 1. The monoisotopic (exact) mass is 468 g/mol. The van der Waals surface area contributed by atoms with Crippen LogP contribution in [0.2, 0.25) is 18.1 Å². The maximum absolute atomic E-state index is 12.4. The van der Waals surface area contributed by atoms with Crippen molar-refractivity contribution in [2.75, 3.05) is 0 Å². The van der Waals surface area contributed by atoms with Crippen molar-refractivity contribution in [3.05, 3.63) is 65.4 Å². The molecule has 0 fully saturated rings. The van der Waals surface area contributed by atoms with Gasteiger partial charge >= 0.3 is 5.97 Å². The molecule has 2 atom stereocenters. The van der Waals surface area contributed by atoms with Crippen LogP contribution in [0.4, 0.5) is 0 Å². The van der Waals surface area contributed by atoms with Crippen LogP contribution in [0.5, 0.6) is 0 Å². The fourth-order valence-corrected chi connectivity index (χ4v) is 4.94. The van der Waals surface area contributed by atoms with E-state index in [2.05, 4.69) is 56.8 Å². The highest BCUT2D eigenvalue weighted by Crippen LogP contribution is 2.37. The van der Waals surface area contributed by atoms with Gasteiger partial charge in [0.2, 0.25) is 0 Å². The molecular weight excluding hydrogens is 428 g/mol. The van der Waals surface area contributed by atoms with E-state index < -0.39 is 20.4 Å². The van der Waals surface area contributed by atoms with E-state index in [1.807, 2.05) is 25.2 Å². The third-order valence-electron chi connectivity index (χ3n) is 6.86. The number of carbonyl (C=O) groups is 2. The van der Waals surface area contributed by atoms with E-state index >= 15 is 0 Å². The van der Waals surface area contributed by atoms with Gasteiger partial charge < -0.3 is 9.53 Å². The van der Waals surface area contributed by atoms with Crippen molar-refractivity contribution in [3.63, 3.8) is 0 Å². The van der Waals surface area contributed by atoms with Crippen LogP contribution in [0.1, 0.15) is 64.9 Å². The maximum atomic E-state index is 12.4. The topological polar surface area (TPSA) is 63.6 Å². The minimum absolute atomic E-state index is 0.00136. The first-order valence-electron chi connectivity index (χ1n) is 12.1. The average Bonchev–Trinajstić information content (AvgIpc) is 3.09. The third-order valence-corrected chi connectivity index (χ3v) is 11.3. The van der Waals surface area contributed by atoms with Gasteiger partial charge in [-0.1, -0.05) is 62.8 Å². The minimum atomic E-state index is -2.19. The van der Waals surface area contributed by atoms with Crippen molar-refractivity contribution in [1.29, 1.82) is 0 Å². The smallest absolute Gasteiger partial charge is 0.336 e. The molecule has 5 heteroatoms. The Bertz CT molecular complexity index is 886. The first-order valence-corrected chi connectivity index (χ1v) is 15.0. The van der Waals surface area contributed by atoms with Gasteiger partial charge in [-0.05, 0) is 74.4 Å².